The number of hydrogen-bond acceptors (Lipinski definition) is 4. The molecule has 0 unspecified atom stereocenters. The van der Waals surface area contributed by atoms with Crippen molar-refractivity contribution in [2.24, 2.45) is 0 Å². The van der Waals surface area contributed by atoms with Gasteiger partial charge in [-0.05, 0) is 48.4 Å². The number of nitrogens with zero attached hydrogens (tertiary/aromatic N) is 1. The third-order valence-corrected chi connectivity index (χ3v) is 5.00. The van der Waals surface area contributed by atoms with Crippen LogP contribution in [0.1, 0.15) is 18.4 Å². The van der Waals surface area contributed by atoms with Crippen molar-refractivity contribution in [1.29, 1.82) is 0 Å². The number of carbonyl (C=O) groups is 1. The molecule has 0 aliphatic carbocycles. The maximum Gasteiger partial charge on any atom is 0.232 e. The standard InChI is InChI=1S/C19H23FN2O4S/c1-26-14-15-5-3-6-17(13-15)21-19(23)7-4-12-22(27(2,24)25)18-10-8-16(20)9-11-18/h3,5-6,8-11,13H,4,7,12,14H2,1-2H3,(H,21,23). The number of benzene rings is 2. The highest BCUT2D eigenvalue weighted by Crippen LogP contribution is 2.19. The summed E-state index contributed by atoms with van der Waals surface area (Å²) in [5.41, 5.74) is 1.97. The Hall–Kier alpha value is -2.45. The number of nitrogens with one attached hydrogen (secondary N) is 1. The van der Waals surface area contributed by atoms with Crippen molar-refractivity contribution < 1.29 is 22.3 Å². The molecule has 0 bridgehead atoms. The summed E-state index contributed by atoms with van der Waals surface area (Å²) in [6.45, 7) is 0.576. The van der Waals surface area contributed by atoms with Gasteiger partial charge in [-0.1, -0.05) is 12.1 Å². The first-order chi connectivity index (χ1) is 12.8. The largest absolute Gasteiger partial charge is 0.380 e. The summed E-state index contributed by atoms with van der Waals surface area (Å²) < 4.78 is 43.3. The van der Waals surface area contributed by atoms with Gasteiger partial charge in [-0.25, -0.2) is 12.8 Å². The molecule has 8 heteroatoms. The van der Waals surface area contributed by atoms with Gasteiger partial charge in [-0.2, -0.15) is 0 Å². The van der Waals surface area contributed by atoms with Gasteiger partial charge in [0.2, 0.25) is 15.9 Å². The number of ether oxygens (including phenoxy) is 1. The van der Waals surface area contributed by atoms with E-state index in [1.54, 1.807) is 13.2 Å². The van der Waals surface area contributed by atoms with Crippen molar-refractivity contribution >= 4 is 27.3 Å². The van der Waals surface area contributed by atoms with Crippen molar-refractivity contribution in [3.8, 4) is 0 Å². The van der Waals surface area contributed by atoms with E-state index in [1.165, 1.54) is 28.6 Å². The van der Waals surface area contributed by atoms with Gasteiger partial charge in [0.15, 0.2) is 0 Å². The maximum absolute atomic E-state index is 13.1. The van der Waals surface area contributed by atoms with Crippen molar-refractivity contribution in [1.82, 2.24) is 0 Å². The number of methoxy groups -OCH3 is 1. The lowest BCUT2D eigenvalue weighted by atomic mass is 10.2. The van der Waals surface area contributed by atoms with E-state index in [9.17, 15) is 17.6 Å². The average molecular weight is 394 g/mol. The number of amides is 1. The summed E-state index contributed by atoms with van der Waals surface area (Å²) in [4.78, 5) is 12.1. The summed E-state index contributed by atoms with van der Waals surface area (Å²) in [6.07, 6.45) is 1.56. The number of hydrogen-bond donors (Lipinski definition) is 1. The van der Waals surface area contributed by atoms with E-state index in [-0.39, 0.29) is 18.9 Å². The van der Waals surface area contributed by atoms with Gasteiger partial charge in [0.05, 0.1) is 18.6 Å². The van der Waals surface area contributed by atoms with Crippen LogP contribution in [0.4, 0.5) is 15.8 Å². The minimum Gasteiger partial charge on any atom is -0.380 e. The summed E-state index contributed by atoms with van der Waals surface area (Å²) >= 11 is 0. The number of halogens is 1. The highest BCUT2D eigenvalue weighted by Gasteiger charge is 2.17. The summed E-state index contributed by atoms with van der Waals surface area (Å²) in [7, 11) is -1.94. The van der Waals surface area contributed by atoms with Crippen LogP contribution in [0.2, 0.25) is 0 Å². The van der Waals surface area contributed by atoms with Gasteiger partial charge < -0.3 is 10.1 Å². The minimum atomic E-state index is -3.53. The molecule has 0 fully saturated rings. The van der Waals surface area contributed by atoms with Gasteiger partial charge in [0.25, 0.3) is 0 Å². The Morgan fingerprint density at radius 3 is 2.52 bits per heavy atom. The molecule has 0 spiro atoms. The topological polar surface area (TPSA) is 75.7 Å². The van der Waals surface area contributed by atoms with E-state index in [0.29, 0.717) is 24.4 Å². The Morgan fingerprint density at radius 2 is 1.89 bits per heavy atom. The first-order valence-electron chi connectivity index (χ1n) is 8.40. The van der Waals surface area contributed by atoms with Crippen LogP contribution in [-0.4, -0.2) is 34.2 Å². The van der Waals surface area contributed by atoms with Crippen LogP contribution in [0, 0.1) is 5.82 Å². The van der Waals surface area contributed by atoms with Crippen molar-refractivity contribution in [2.45, 2.75) is 19.4 Å². The molecular weight excluding hydrogens is 371 g/mol. The molecule has 146 valence electrons. The highest BCUT2D eigenvalue weighted by atomic mass is 32.2. The monoisotopic (exact) mass is 394 g/mol. The fourth-order valence-corrected chi connectivity index (χ4v) is 3.57. The SMILES string of the molecule is COCc1cccc(NC(=O)CCCN(c2ccc(F)cc2)S(C)(=O)=O)c1. The van der Waals surface area contributed by atoms with E-state index in [4.69, 9.17) is 4.74 Å². The van der Waals surface area contributed by atoms with Crippen LogP contribution in [-0.2, 0) is 26.2 Å². The molecule has 6 nitrogen and oxygen atoms in total. The Bertz CT molecular complexity index is 870. The normalized spacial score (nSPS) is 11.2. The third kappa shape index (κ3) is 6.65. The van der Waals surface area contributed by atoms with E-state index in [0.717, 1.165) is 11.8 Å². The van der Waals surface area contributed by atoms with Crippen molar-refractivity contribution in [2.75, 3.05) is 29.5 Å². The zero-order valence-electron chi connectivity index (χ0n) is 15.3. The molecule has 0 radical (unpaired) electrons. The second-order valence-corrected chi connectivity index (χ2v) is 8.00. The Kier molecular flexibility index (Phi) is 7.32. The van der Waals surface area contributed by atoms with Crippen molar-refractivity contribution in [3.05, 3.63) is 59.9 Å². The molecule has 0 heterocycles. The first-order valence-corrected chi connectivity index (χ1v) is 10.3. The smallest absolute Gasteiger partial charge is 0.232 e. The van der Waals surface area contributed by atoms with Gasteiger partial charge in [0, 0.05) is 25.8 Å². The van der Waals surface area contributed by atoms with Crippen LogP contribution in [0.15, 0.2) is 48.5 Å². The molecule has 2 rings (SSSR count). The zero-order valence-corrected chi connectivity index (χ0v) is 16.1. The van der Waals surface area contributed by atoms with Gasteiger partial charge in [-0.15, -0.1) is 0 Å². The number of sulfonamides is 1. The van der Waals surface area contributed by atoms with E-state index in [1.807, 2.05) is 18.2 Å². The second-order valence-electron chi connectivity index (χ2n) is 6.10. The maximum atomic E-state index is 13.1. The molecule has 2 aromatic carbocycles. The fourth-order valence-electron chi connectivity index (χ4n) is 2.61. The van der Waals surface area contributed by atoms with E-state index in [2.05, 4.69) is 5.32 Å². The summed E-state index contributed by atoms with van der Waals surface area (Å²) in [5.74, 6) is -0.653. The Morgan fingerprint density at radius 1 is 1.19 bits per heavy atom. The average Bonchev–Trinajstić information content (AvgIpc) is 2.59. The fraction of sp³-hybridized carbons (Fsp3) is 0.316. The molecule has 0 atom stereocenters. The zero-order chi connectivity index (χ0) is 19.9. The van der Waals surface area contributed by atoms with E-state index < -0.39 is 15.8 Å². The number of anilines is 2. The van der Waals surface area contributed by atoms with E-state index >= 15 is 0 Å². The lowest BCUT2D eigenvalue weighted by Crippen LogP contribution is -2.31. The Labute approximate surface area is 159 Å². The molecule has 0 saturated carbocycles. The molecule has 0 aliphatic heterocycles. The predicted molar refractivity (Wildman–Crippen MR) is 104 cm³/mol. The van der Waals surface area contributed by atoms with Gasteiger partial charge >= 0.3 is 0 Å². The quantitative estimate of drug-likeness (QED) is 0.709. The van der Waals surface area contributed by atoms with Crippen LogP contribution in [0.25, 0.3) is 0 Å². The predicted octanol–water partition coefficient (Wildman–Crippen LogP) is 3.16. The highest BCUT2D eigenvalue weighted by molar-refractivity contribution is 7.92. The molecule has 1 N–H and O–H groups in total. The Balaban J connectivity index is 1.93. The second kappa shape index (κ2) is 9.48. The molecular formula is C19H23FN2O4S. The summed E-state index contributed by atoms with van der Waals surface area (Å²) in [6, 6.07) is 12.5. The van der Waals surface area contributed by atoms with Crippen LogP contribution < -0.4 is 9.62 Å². The lowest BCUT2D eigenvalue weighted by Gasteiger charge is -2.22. The third-order valence-electron chi connectivity index (χ3n) is 3.80. The molecule has 2 aromatic rings. The van der Waals surface area contributed by atoms with Crippen LogP contribution in [0.5, 0.6) is 0 Å². The lowest BCUT2D eigenvalue weighted by molar-refractivity contribution is -0.116. The van der Waals surface area contributed by atoms with Crippen molar-refractivity contribution in [3.63, 3.8) is 0 Å². The van der Waals surface area contributed by atoms with Crippen LogP contribution >= 0.6 is 0 Å². The molecule has 0 aliphatic rings. The first kappa shape index (κ1) is 20.9. The summed E-state index contributed by atoms with van der Waals surface area (Å²) in [5, 5.41) is 2.79. The minimum absolute atomic E-state index is 0.127. The number of carbonyl (C=O) groups excluding carboxylic acids is 1. The van der Waals surface area contributed by atoms with Gasteiger partial charge in [-0.3, -0.25) is 9.10 Å². The molecule has 27 heavy (non-hydrogen) atoms. The number of rotatable bonds is 9. The van der Waals surface area contributed by atoms with Gasteiger partial charge in [0.1, 0.15) is 5.82 Å². The molecule has 0 saturated heterocycles. The molecule has 1 amide bonds. The molecule has 0 aromatic heterocycles. The van der Waals surface area contributed by atoms with Crippen LogP contribution in [0.3, 0.4) is 0 Å².